The fourth-order valence-corrected chi connectivity index (χ4v) is 6.48. The van der Waals surface area contributed by atoms with E-state index in [-0.39, 0.29) is 37.5 Å². The van der Waals surface area contributed by atoms with Crippen LogP contribution in [0.15, 0.2) is 109 Å². The van der Waals surface area contributed by atoms with Crippen molar-refractivity contribution in [2.45, 2.75) is 219 Å². The Morgan fingerprint density at radius 3 is 1.02 bits per heavy atom. The SMILES string of the molecule is CC/C=C\C/C=C\C/C=C\C/C=C\CCCCC(=O)OC[C@@H](COC(=O)CCCCCCC/C=C\CCCCCCCC)OC(=O)CCCC/C=C\C/C=C\C/C=C\C/C=C\CC. The summed E-state index contributed by atoms with van der Waals surface area (Å²) in [6.07, 6.45) is 67.9. The number of ether oxygens (including phenoxy) is 3. The van der Waals surface area contributed by atoms with Crippen molar-refractivity contribution >= 4 is 17.9 Å². The van der Waals surface area contributed by atoms with Gasteiger partial charge in [0.1, 0.15) is 13.2 Å². The Bertz CT molecular complexity index is 1330. The largest absolute Gasteiger partial charge is 0.462 e. The number of carbonyl (C=O) groups excluding carboxylic acids is 3. The van der Waals surface area contributed by atoms with Crippen LogP contribution in [0.5, 0.6) is 0 Å². The third-order valence-electron chi connectivity index (χ3n) is 10.2. The van der Waals surface area contributed by atoms with E-state index >= 15 is 0 Å². The number of unbranched alkanes of at least 4 members (excludes halogenated alkanes) is 15. The molecule has 0 saturated heterocycles. The molecule has 0 aliphatic carbocycles. The summed E-state index contributed by atoms with van der Waals surface area (Å²) in [4.78, 5) is 37.9. The van der Waals surface area contributed by atoms with Crippen LogP contribution in [-0.2, 0) is 28.6 Å². The monoisotopic (exact) mass is 873 g/mol. The average molecular weight is 873 g/mol. The highest BCUT2D eigenvalue weighted by molar-refractivity contribution is 5.71. The van der Waals surface area contributed by atoms with Gasteiger partial charge in [0.2, 0.25) is 0 Å². The summed E-state index contributed by atoms with van der Waals surface area (Å²) < 4.78 is 16.7. The quantitative estimate of drug-likeness (QED) is 0.0263. The van der Waals surface area contributed by atoms with E-state index in [1.54, 1.807) is 0 Å². The lowest BCUT2D eigenvalue weighted by Gasteiger charge is -2.18. The Labute approximate surface area is 387 Å². The molecule has 6 nitrogen and oxygen atoms in total. The van der Waals surface area contributed by atoms with Crippen LogP contribution >= 0.6 is 0 Å². The highest BCUT2D eigenvalue weighted by Gasteiger charge is 2.19. The first-order valence-corrected chi connectivity index (χ1v) is 25.4. The molecular formula is C57H92O6. The Morgan fingerprint density at radius 2 is 0.619 bits per heavy atom. The molecule has 63 heavy (non-hydrogen) atoms. The van der Waals surface area contributed by atoms with Gasteiger partial charge in [0.25, 0.3) is 0 Å². The molecule has 0 heterocycles. The topological polar surface area (TPSA) is 78.9 Å². The van der Waals surface area contributed by atoms with Gasteiger partial charge >= 0.3 is 17.9 Å². The molecule has 0 aromatic carbocycles. The molecule has 0 aliphatic rings. The summed E-state index contributed by atoms with van der Waals surface area (Å²) >= 11 is 0. The zero-order valence-electron chi connectivity index (χ0n) is 40.5. The lowest BCUT2D eigenvalue weighted by molar-refractivity contribution is -0.167. The highest BCUT2D eigenvalue weighted by atomic mass is 16.6. The molecule has 0 aromatic heterocycles. The maximum atomic E-state index is 12.8. The number of carbonyl (C=O) groups is 3. The summed E-state index contributed by atoms with van der Waals surface area (Å²) in [6.45, 7) is 6.31. The third kappa shape index (κ3) is 49.0. The lowest BCUT2D eigenvalue weighted by Crippen LogP contribution is -2.30. The number of hydrogen-bond acceptors (Lipinski definition) is 6. The predicted octanol–water partition coefficient (Wildman–Crippen LogP) is 16.8. The van der Waals surface area contributed by atoms with E-state index in [1.165, 1.54) is 51.4 Å². The highest BCUT2D eigenvalue weighted by Crippen LogP contribution is 2.12. The van der Waals surface area contributed by atoms with Gasteiger partial charge in [-0.1, -0.05) is 182 Å². The van der Waals surface area contributed by atoms with Crippen LogP contribution in [-0.4, -0.2) is 37.2 Å². The molecule has 0 spiro atoms. The van der Waals surface area contributed by atoms with Crippen LogP contribution in [0, 0.1) is 0 Å². The van der Waals surface area contributed by atoms with Crippen molar-refractivity contribution in [1.82, 2.24) is 0 Å². The van der Waals surface area contributed by atoms with Crippen LogP contribution in [0.1, 0.15) is 213 Å². The van der Waals surface area contributed by atoms with E-state index in [0.29, 0.717) is 25.7 Å². The fraction of sp³-hybridized carbons (Fsp3) is 0.632. The Morgan fingerprint density at radius 1 is 0.333 bits per heavy atom. The summed E-state index contributed by atoms with van der Waals surface area (Å²) in [6, 6.07) is 0. The minimum absolute atomic E-state index is 0.114. The standard InChI is InChI=1S/C57H92O6/c1-4-7-10-13-16-19-22-25-28-31-34-37-40-43-46-49-55(58)61-52-54(63-57(60)51-48-45-42-39-36-33-30-27-24-21-18-15-12-9-6-3)53-62-56(59)50-47-44-41-38-35-32-29-26-23-20-17-14-11-8-5-2/h7,9-10,12,16,18-19,21,25-30,34,36-37,39,54H,4-6,8,11,13-15,17,20,22-24,31-33,35,38,40-53H2,1-3H3/b10-7-,12-9-,19-16-,21-18-,28-25-,29-26-,30-27-,37-34-,39-36-/t54-/m0/s1. The van der Waals surface area contributed by atoms with Crippen molar-refractivity contribution < 1.29 is 28.6 Å². The molecule has 0 aliphatic heterocycles. The van der Waals surface area contributed by atoms with Crippen LogP contribution in [0.3, 0.4) is 0 Å². The van der Waals surface area contributed by atoms with E-state index < -0.39 is 6.10 Å². The van der Waals surface area contributed by atoms with Gasteiger partial charge in [-0.05, 0) is 122 Å². The number of allylic oxidation sites excluding steroid dienone is 18. The third-order valence-corrected chi connectivity index (χ3v) is 10.2. The maximum absolute atomic E-state index is 12.8. The molecular weight excluding hydrogens is 781 g/mol. The molecule has 0 fully saturated rings. The van der Waals surface area contributed by atoms with E-state index in [2.05, 4.69) is 130 Å². The smallest absolute Gasteiger partial charge is 0.306 e. The molecule has 1 atom stereocenters. The predicted molar refractivity (Wildman–Crippen MR) is 270 cm³/mol. The Balaban J connectivity index is 4.55. The van der Waals surface area contributed by atoms with Gasteiger partial charge < -0.3 is 14.2 Å². The van der Waals surface area contributed by atoms with E-state index in [0.717, 1.165) is 109 Å². The van der Waals surface area contributed by atoms with Crippen molar-refractivity contribution in [2.75, 3.05) is 13.2 Å². The van der Waals surface area contributed by atoms with Gasteiger partial charge in [0.15, 0.2) is 6.10 Å². The lowest BCUT2D eigenvalue weighted by atomic mass is 10.1. The van der Waals surface area contributed by atoms with Crippen molar-refractivity contribution in [2.24, 2.45) is 0 Å². The average Bonchev–Trinajstić information content (AvgIpc) is 3.28. The molecule has 0 N–H and O–H groups in total. The Kier molecular flexibility index (Phi) is 47.5. The van der Waals surface area contributed by atoms with E-state index in [1.807, 2.05) is 0 Å². The number of hydrogen-bond donors (Lipinski definition) is 0. The van der Waals surface area contributed by atoms with Crippen LogP contribution in [0.4, 0.5) is 0 Å². The second-order valence-corrected chi connectivity index (χ2v) is 16.3. The minimum atomic E-state index is -0.821. The first kappa shape index (κ1) is 59.1. The molecule has 0 aromatic rings. The van der Waals surface area contributed by atoms with E-state index in [9.17, 15) is 14.4 Å². The molecule has 0 rings (SSSR count). The molecule has 0 radical (unpaired) electrons. The minimum Gasteiger partial charge on any atom is -0.462 e. The molecule has 0 bridgehead atoms. The van der Waals surface area contributed by atoms with Gasteiger partial charge in [-0.3, -0.25) is 14.4 Å². The number of rotatable bonds is 44. The molecule has 6 heteroatoms. The molecule has 0 unspecified atom stereocenters. The van der Waals surface area contributed by atoms with Gasteiger partial charge in [-0.2, -0.15) is 0 Å². The summed E-state index contributed by atoms with van der Waals surface area (Å²) in [5, 5.41) is 0. The van der Waals surface area contributed by atoms with Gasteiger partial charge in [-0.15, -0.1) is 0 Å². The van der Waals surface area contributed by atoms with Crippen molar-refractivity contribution in [3.63, 3.8) is 0 Å². The van der Waals surface area contributed by atoms with Crippen LogP contribution in [0.2, 0.25) is 0 Å². The van der Waals surface area contributed by atoms with Crippen LogP contribution in [0.25, 0.3) is 0 Å². The van der Waals surface area contributed by atoms with Crippen molar-refractivity contribution in [3.8, 4) is 0 Å². The second-order valence-electron chi connectivity index (χ2n) is 16.3. The second kappa shape index (κ2) is 50.7. The first-order chi connectivity index (χ1) is 31.0. The van der Waals surface area contributed by atoms with Gasteiger partial charge in [0, 0.05) is 19.3 Å². The fourth-order valence-electron chi connectivity index (χ4n) is 6.48. The zero-order chi connectivity index (χ0) is 45.8. The normalized spacial score (nSPS) is 13.0. The first-order valence-electron chi connectivity index (χ1n) is 25.4. The summed E-state index contributed by atoms with van der Waals surface area (Å²) in [5.74, 6) is -1.01. The van der Waals surface area contributed by atoms with Crippen molar-refractivity contribution in [1.29, 1.82) is 0 Å². The van der Waals surface area contributed by atoms with Gasteiger partial charge in [0.05, 0.1) is 0 Å². The van der Waals surface area contributed by atoms with Gasteiger partial charge in [-0.25, -0.2) is 0 Å². The van der Waals surface area contributed by atoms with E-state index in [4.69, 9.17) is 14.2 Å². The molecule has 356 valence electrons. The Hall–Kier alpha value is -3.93. The molecule has 0 saturated carbocycles. The summed E-state index contributed by atoms with van der Waals surface area (Å²) in [7, 11) is 0. The van der Waals surface area contributed by atoms with Crippen LogP contribution < -0.4 is 0 Å². The molecule has 0 amide bonds. The number of esters is 3. The maximum Gasteiger partial charge on any atom is 0.306 e. The summed E-state index contributed by atoms with van der Waals surface area (Å²) in [5.41, 5.74) is 0. The zero-order valence-corrected chi connectivity index (χ0v) is 40.5. The van der Waals surface area contributed by atoms with Crippen molar-refractivity contribution in [3.05, 3.63) is 109 Å².